The molecule has 0 saturated heterocycles. The first-order chi connectivity index (χ1) is 11.0. The Balaban J connectivity index is 1.99. The first-order valence-corrected chi connectivity index (χ1v) is 8.24. The molecule has 2 aromatic rings. The van der Waals surface area contributed by atoms with Crippen molar-refractivity contribution in [3.63, 3.8) is 0 Å². The smallest absolute Gasteiger partial charge is 0.254 e. The van der Waals surface area contributed by atoms with Crippen LogP contribution >= 0.6 is 11.8 Å². The Labute approximate surface area is 138 Å². The molecule has 0 saturated carbocycles. The molecule has 0 bridgehead atoms. The molecule has 1 atom stereocenters. The van der Waals surface area contributed by atoms with Crippen molar-refractivity contribution in [2.24, 2.45) is 0 Å². The molecule has 4 nitrogen and oxygen atoms in total. The van der Waals surface area contributed by atoms with E-state index < -0.39 is 17.8 Å². The van der Waals surface area contributed by atoms with E-state index in [1.165, 1.54) is 18.2 Å². The summed E-state index contributed by atoms with van der Waals surface area (Å²) in [5, 5.41) is 5.22. The van der Waals surface area contributed by atoms with Crippen molar-refractivity contribution in [1.82, 2.24) is 5.32 Å². The molecule has 0 unspecified atom stereocenters. The molecule has 0 radical (unpaired) electrons. The van der Waals surface area contributed by atoms with Gasteiger partial charge in [-0.25, -0.2) is 4.39 Å². The van der Waals surface area contributed by atoms with E-state index in [-0.39, 0.29) is 11.5 Å². The fraction of sp³-hybridized carbons (Fsp3) is 0.176. The molecule has 0 aromatic heterocycles. The lowest BCUT2D eigenvalue weighted by atomic mass is 10.2. The number of thioether (sulfide) groups is 1. The van der Waals surface area contributed by atoms with Crippen LogP contribution in [0.1, 0.15) is 17.3 Å². The van der Waals surface area contributed by atoms with Gasteiger partial charge in [-0.15, -0.1) is 11.8 Å². The van der Waals surface area contributed by atoms with Gasteiger partial charge in [-0.1, -0.05) is 18.2 Å². The van der Waals surface area contributed by atoms with Gasteiger partial charge in [-0.2, -0.15) is 0 Å². The molecule has 23 heavy (non-hydrogen) atoms. The Morgan fingerprint density at radius 2 is 1.87 bits per heavy atom. The molecule has 0 aliphatic rings. The summed E-state index contributed by atoms with van der Waals surface area (Å²) in [5.41, 5.74) is 0.561. The number of rotatable bonds is 5. The molecule has 2 rings (SSSR count). The lowest BCUT2D eigenvalue weighted by Crippen LogP contribution is -2.41. The third kappa shape index (κ3) is 4.56. The highest BCUT2D eigenvalue weighted by molar-refractivity contribution is 7.98. The minimum atomic E-state index is -0.792. The van der Waals surface area contributed by atoms with E-state index in [9.17, 15) is 14.0 Å². The molecular weight excluding hydrogens is 315 g/mol. The summed E-state index contributed by atoms with van der Waals surface area (Å²) in [7, 11) is 0. The number of halogens is 1. The molecule has 0 heterocycles. The maximum Gasteiger partial charge on any atom is 0.254 e. The molecule has 0 fully saturated rings. The standard InChI is InChI=1S/C17H17FN2O2S/c1-11(19-17(22)14-8-3-4-9-15(14)18)16(21)20-12-6-5-7-13(10-12)23-2/h3-11H,1-2H3,(H,19,22)(H,20,21)/t11-/m1/s1. The zero-order valence-electron chi connectivity index (χ0n) is 12.8. The second kappa shape index (κ2) is 7.78. The minimum absolute atomic E-state index is 0.0865. The van der Waals surface area contributed by atoms with Crippen LogP contribution in [0, 0.1) is 5.82 Å². The average Bonchev–Trinajstić information content (AvgIpc) is 2.55. The first-order valence-electron chi connectivity index (χ1n) is 7.01. The number of anilines is 1. The second-order valence-corrected chi connectivity index (χ2v) is 5.78. The van der Waals surface area contributed by atoms with E-state index in [0.717, 1.165) is 4.90 Å². The third-order valence-corrected chi connectivity index (χ3v) is 3.92. The maximum atomic E-state index is 13.6. The summed E-state index contributed by atoms with van der Waals surface area (Å²) < 4.78 is 13.6. The van der Waals surface area contributed by atoms with Crippen LogP contribution in [-0.4, -0.2) is 24.1 Å². The van der Waals surface area contributed by atoms with E-state index in [1.54, 1.807) is 30.8 Å². The van der Waals surface area contributed by atoms with Crippen molar-refractivity contribution in [3.8, 4) is 0 Å². The van der Waals surface area contributed by atoms with Gasteiger partial charge in [0.25, 0.3) is 5.91 Å². The van der Waals surface area contributed by atoms with Crippen molar-refractivity contribution < 1.29 is 14.0 Å². The number of hydrogen-bond donors (Lipinski definition) is 2. The highest BCUT2D eigenvalue weighted by atomic mass is 32.2. The number of nitrogens with one attached hydrogen (secondary N) is 2. The Kier molecular flexibility index (Phi) is 5.76. The molecule has 0 spiro atoms. The third-order valence-electron chi connectivity index (χ3n) is 3.20. The normalized spacial score (nSPS) is 11.6. The molecule has 120 valence electrons. The summed E-state index contributed by atoms with van der Waals surface area (Å²) in [5.74, 6) is -1.61. The van der Waals surface area contributed by atoms with Crippen LogP contribution in [0.3, 0.4) is 0 Å². The van der Waals surface area contributed by atoms with Gasteiger partial charge in [-0.3, -0.25) is 9.59 Å². The SMILES string of the molecule is CSc1cccc(NC(=O)[C@@H](C)NC(=O)c2ccccc2F)c1. The predicted molar refractivity (Wildman–Crippen MR) is 90.2 cm³/mol. The van der Waals surface area contributed by atoms with Crippen molar-refractivity contribution in [2.75, 3.05) is 11.6 Å². The zero-order valence-corrected chi connectivity index (χ0v) is 13.6. The summed E-state index contributed by atoms with van der Waals surface area (Å²) in [6.07, 6.45) is 1.94. The molecule has 0 aliphatic heterocycles. The van der Waals surface area contributed by atoms with Gasteiger partial charge in [0, 0.05) is 10.6 Å². The Morgan fingerprint density at radius 1 is 1.13 bits per heavy atom. The highest BCUT2D eigenvalue weighted by Gasteiger charge is 2.18. The van der Waals surface area contributed by atoms with E-state index in [0.29, 0.717) is 5.69 Å². The van der Waals surface area contributed by atoms with Crippen molar-refractivity contribution in [1.29, 1.82) is 0 Å². The molecule has 2 aromatic carbocycles. The second-order valence-electron chi connectivity index (χ2n) is 4.90. The Hall–Kier alpha value is -2.34. The van der Waals surface area contributed by atoms with Crippen LogP contribution in [0.4, 0.5) is 10.1 Å². The van der Waals surface area contributed by atoms with Gasteiger partial charge in [0.1, 0.15) is 11.9 Å². The molecule has 2 N–H and O–H groups in total. The number of amides is 2. The minimum Gasteiger partial charge on any atom is -0.340 e. The fourth-order valence-electron chi connectivity index (χ4n) is 1.94. The quantitative estimate of drug-likeness (QED) is 0.826. The largest absolute Gasteiger partial charge is 0.340 e. The van der Waals surface area contributed by atoms with Crippen LogP contribution < -0.4 is 10.6 Å². The predicted octanol–water partition coefficient (Wildman–Crippen LogP) is 3.30. The number of carbonyl (C=O) groups is 2. The van der Waals surface area contributed by atoms with E-state index in [2.05, 4.69) is 10.6 Å². The summed E-state index contributed by atoms with van der Waals surface area (Å²) in [6, 6.07) is 12.2. The van der Waals surface area contributed by atoms with Crippen LogP contribution in [0.2, 0.25) is 0 Å². The van der Waals surface area contributed by atoms with Crippen LogP contribution in [0.15, 0.2) is 53.4 Å². The monoisotopic (exact) mass is 332 g/mol. The number of hydrogen-bond acceptors (Lipinski definition) is 3. The molecule has 2 amide bonds. The van der Waals surface area contributed by atoms with Gasteiger partial charge < -0.3 is 10.6 Å². The maximum absolute atomic E-state index is 13.6. The Bertz CT molecular complexity index is 721. The van der Waals surface area contributed by atoms with E-state index >= 15 is 0 Å². The lowest BCUT2D eigenvalue weighted by molar-refractivity contribution is -0.117. The molecular formula is C17H17FN2O2S. The van der Waals surface area contributed by atoms with Crippen molar-refractivity contribution in [2.45, 2.75) is 17.9 Å². The summed E-state index contributed by atoms with van der Waals surface area (Å²) in [4.78, 5) is 25.2. The van der Waals surface area contributed by atoms with Crippen LogP contribution in [0.25, 0.3) is 0 Å². The van der Waals surface area contributed by atoms with Gasteiger partial charge in [0.05, 0.1) is 5.56 Å². The summed E-state index contributed by atoms with van der Waals surface area (Å²) in [6.45, 7) is 1.55. The van der Waals surface area contributed by atoms with Crippen LogP contribution in [-0.2, 0) is 4.79 Å². The van der Waals surface area contributed by atoms with Gasteiger partial charge in [0.2, 0.25) is 5.91 Å². The van der Waals surface area contributed by atoms with Crippen LogP contribution in [0.5, 0.6) is 0 Å². The molecule has 0 aliphatic carbocycles. The first kappa shape index (κ1) is 17.0. The Morgan fingerprint density at radius 3 is 2.57 bits per heavy atom. The fourth-order valence-corrected chi connectivity index (χ4v) is 2.40. The van der Waals surface area contributed by atoms with Gasteiger partial charge in [-0.05, 0) is 43.5 Å². The summed E-state index contributed by atoms with van der Waals surface area (Å²) >= 11 is 1.57. The van der Waals surface area contributed by atoms with E-state index in [4.69, 9.17) is 0 Å². The highest BCUT2D eigenvalue weighted by Crippen LogP contribution is 2.19. The lowest BCUT2D eigenvalue weighted by Gasteiger charge is -2.14. The average molecular weight is 332 g/mol. The number of carbonyl (C=O) groups excluding carboxylic acids is 2. The topological polar surface area (TPSA) is 58.2 Å². The van der Waals surface area contributed by atoms with Crippen molar-refractivity contribution in [3.05, 3.63) is 59.9 Å². The number of benzene rings is 2. The molecule has 6 heteroatoms. The van der Waals surface area contributed by atoms with Gasteiger partial charge in [0.15, 0.2) is 0 Å². The van der Waals surface area contributed by atoms with Gasteiger partial charge >= 0.3 is 0 Å². The van der Waals surface area contributed by atoms with E-state index in [1.807, 2.05) is 24.5 Å². The zero-order chi connectivity index (χ0) is 16.8. The van der Waals surface area contributed by atoms with Crippen molar-refractivity contribution >= 4 is 29.3 Å².